The Morgan fingerprint density at radius 2 is 1.59 bits per heavy atom. The summed E-state index contributed by atoms with van der Waals surface area (Å²) in [5, 5.41) is 12.4. The van der Waals surface area contributed by atoms with Gasteiger partial charge in [0.05, 0.1) is 59.8 Å². The number of carbonyl (C=O) groups excluding carboxylic acids is 1. The van der Waals surface area contributed by atoms with Gasteiger partial charge in [-0.3, -0.25) is 4.79 Å². The molecule has 17 atom stereocenters. The van der Waals surface area contributed by atoms with Gasteiger partial charge in [-0.25, -0.2) is 0 Å². The molecule has 312 valence electrons. The lowest BCUT2D eigenvalue weighted by atomic mass is 9.46. The third-order valence-corrected chi connectivity index (χ3v) is 17.3. The second kappa shape index (κ2) is 13.2. The number of aliphatic hydroxyl groups is 1. The van der Waals surface area contributed by atoms with Crippen LogP contribution in [0.1, 0.15) is 88.7 Å². The lowest BCUT2D eigenvalue weighted by Gasteiger charge is -2.73. The molecule has 3 aromatic rings. The average Bonchev–Trinajstić information content (AvgIpc) is 3.49. The number of hydrogen-bond donors (Lipinski definition) is 1. The maximum Gasteiger partial charge on any atom is 0.313 e. The van der Waals surface area contributed by atoms with Gasteiger partial charge in [0.1, 0.15) is 6.79 Å². The standard InChI is InChI=1S/C49H57NO9/c1-29-19-20-38-46(3)40-37(55-44(57-46)31-15-9-5-10-16-31)25-47-34(39(40)43(52)50(38)26-29)24-48-42(47)36(56-49(58-47,59-48)32-17-11-6-12-18-32)23-33-41(51)35(21-22-45(33,48)2)54-28-53-27-30-13-7-4-8-14-30/h4-18,29,33-42,44,51H,19-28H2,1-3H3/t29-,33+,34-,35-,36+,37-,38-,39-,40-,41+,42-,44-,45-,46+,47-,48+,49?/m0/s1. The van der Waals surface area contributed by atoms with Gasteiger partial charge in [-0.15, -0.1) is 0 Å². The highest BCUT2D eigenvalue weighted by molar-refractivity contribution is 5.82. The summed E-state index contributed by atoms with van der Waals surface area (Å²) in [4.78, 5) is 17.7. The molecule has 6 heterocycles. The normalized spacial score (nSPS) is 48.7. The lowest BCUT2D eigenvalue weighted by molar-refractivity contribution is -0.573. The van der Waals surface area contributed by atoms with Crippen LogP contribution in [0.5, 0.6) is 0 Å². The van der Waals surface area contributed by atoms with Crippen molar-refractivity contribution in [3.63, 3.8) is 0 Å². The van der Waals surface area contributed by atoms with Crippen LogP contribution >= 0.6 is 0 Å². The molecule has 13 rings (SSSR count). The van der Waals surface area contributed by atoms with Crippen molar-refractivity contribution in [3.05, 3.63) is 108 Å². The monoisotopic (exact) mass is 803 g/mol. The fraction of sp³-hybridized carbons (Fsp3) is 0.612. The highest BCUT2D eigenvalue weighted by Crippen LogP contribution is 2.80. The second-order valence-electron chi connectivity index (χ2n) is 20.0. The molecule has 4 saturated carbocycles. The molecule has 10 aliphatic rings. The molecule has 5 bridgehead atoms. The van der Waals surface area contributed by atoms with E-state index in [-0.39, 0.29) is 66.6 Å². The van der Waals surface area contributed by atoms with Gasteiger partial charge in [-0.2, -0.15) is 0 Å². The van der Waals surface area contributed by atoms with Crippen molar-refractivity contribution < 1.29 is 43.1 Å². The van der Waals surface area contributed by atoms with Crippen LogP contribution in [0.3, 0.4) is 0 Å². The van der Waals surface area contributed by atoms with Crippen molar-refractivity contribution in [1.29, 1.82) is 0 Å². The van der Waals surface area contributed by atoms with E-state index in [2.05, 4.69) is 37.8 Å². The minimum absolute atomic E-state index is 0.0334. The zero-order chi connectivity index (χ0) is 39.9. The first-order valence-corrected chi connectivity index (χ1v) is 22.3. The molecule has 4 aliphatic carbocycles. The Bertz CT molecular complexity index is 2090. The summed E-state index contributed by atoms with van der Waals surface area (Å²) in [7, 11) is 0. The molecule has 1 unspecified atom stereocenters. The zero-order valence-corrected chi connectivity index (χ0v) is 34.3. The first-order valence-electron chi connectivity index (χ1n) is 22.3. The van der Waals surface area contributed by atoms with Crippen molar-refractivity contribution in [1.82, 2.24) is 4.90 Å². The number of hydrogen-bond acceptors (Lipinski definition) is 9. The minimum Gasteiger partial charge on any atom is -0.390 e. The molecule has 6 aliphatic heterocycles. The molecule has 1 amide bonds. The van der Waals surface area contributed by atoms with Crippen molar-refractivity contribution in [2.24, 2.45) is 40.9 Å². The van der Waals surface area contributed by atoms with Crippen LogP contribution in [0.25, 0.3) is 0 Å². The molecule has 10 nitrogen and oxygen atoms in total. The second-order valence-corrected chi connectivity index (χ2v) is 20.0. The van der Waals surface area contributed by atoms with Gasteiger partial charge in [0, 0.05) is 47.3 Å². The fourth-order valence-corrected chi connectivity index (χ4v) is 14.9. The largest absolute Gasteiger partial charge is 0.390 e. The van der Waals surface area contributed by atoms with E-state index in [4.69, 9.17) is 33.2 Å². The lowest BCUT2D eigenvalue weighted by Crippen LogP contribution is -2.82. The van der Waals surface area contributed by atoms with Gasteiger partial charge in [0.25, 0.3) is 0 Å². The molecule has 1 N–H and O–H groups in total. The summed E-state index contributed by atoms with van der Waals surface area (Å²) < 4.78 is 49.2. The van der Waals surface area contributed by atoms with E-state index >= 15 is 4.79 Å². The summed E-state index contributed by atoms with van der Waals surface area (Å²) >= 11 is 0. The quantitative estimate of drug-likeness (QED) is 0.196. The minimum atomic E-state index is -1.47. The van der Waals surface area contributed by atoms with E-state index in [1.165, 1.54) is 0 Å². The summed E-state index contributed by atoms with van der Waals surface area (Å²) in [5.41, 5.74) is 0.285. The number of fused-ring (bicyclic) bond motifs is 4. The Hall–Kier alpha value is -3.19. The van der Waals surface area contributed by atoms with Crippen molar-refractivity contribution >= 4 is 5.91 Å². The van der Waals surface area contributed by atoms with Gasteiger partial charge in [0.2, 0.25) is 5.91 Å². The first kappa shape index (κ1) is 37.6. The molecule has 0 radical (unpaired) electrons. The van der Waals surface area contributed by atoms with Gasteiger partial charge < -0.3 is 43.2 Å². The molecule has 10 fully saturated rings. The third-order valence-electron chi connectivity index (χ3n) is 17.3. The van der Waals surface area contributed by atoms with Crippen molar-refractivity contribution in [2.45, 2.75) is 132 Å². The number of rotatable bonds is 7. The number of carbonyl (C=O) groups is 1. The Kier molecular flexibility index (Phi) is 8.38. The number of nitrogens with zero attached hydrogens (tertiary/aromatic N) is 1. The van der Waals surface area contributed by atoms with E-state index in [0.29, 0.717) is 38.2 Å². The summed E-state index contributed by atoms with van der Waals surface area (Å²) in [6.07, 6.45) is 3.07. The van der Waals surface area contributed by atoms with Crippen LogP contribution in [0.4, 0.5) is 0 Å². The maximum absolute atomic E-state index is 15.5. The Balaban J connectivity index is 0.950. The SMILES string of the molecule is C[C@H]1CC[C@@H]2N(C1)C(=O)[C@@H]1[C@@H]3[C@H](C[C@]45OC6(c7ccccc7)O[C@@H]7C[C@@H]8[C@@H](O)[C@@H](OCOCc9ccccc9)CC[C@]8(C)[C@](C[C@@H]14)(O6)[C@@H]75)O[C@H](c1ccccc1)O[C@@]32C. The average molecular weight is 804 g/mol. The van der Waals surface area contributed by atoms with Gasteiger partial charge in [-0.05, 0) is 62.8 Å². The van der Waals surface area contributed by atoms with Crippen molar-refractivity contribution in [3.8, 4) is 0 Å². The van der Waals surface area contributed by atoms with Gasteiger partial charge in [-0.1, -0.05) is 105 Å². The topological polar surface area (TPSA) is 105 Å². The molecule has 10 heteroatoms. The molecule has 0 aromatic heterocycles. The van der Waals surface area contributed by atoms with E-state index in [0.717, 1.165) is 42.5 Å². The summed E-state index contributed by atoms with van der Waals surface area (Å²) in [6.45, 7) is 8.17. The Morgan fingerprint density at radius 1 is 0.847 bits per heavy atom. The predicted octanol–water partition coefficient (Wildman–Crippen LogP) is 7.25. The van der Waals surface area contributed by atoms with E-state index in [1.807, 2.05) is 78.9 Å². The van der Waals surface area contributed by atoms with E-state index in [9.17, 15) is 5.11 Å². The first-order chi connectivity index (χ1) is 28.6. The van der Waals surface area contributed by atoms with Crippen LogP contribution in [0, 0.1) is 40.9 Å². The highest BCUT2D eigenvalue weighted by atomic mass is 16.9. The number of amides is 1. The van der Waals surface area contributed by atoms with Crippen LogP contribution in [0.15, 0.2) is 91.0 Å². The van der Waals surface area contributed by atoms with E-state index in [1.54, 1.807) is 0 Å². The number of ether oxygens (including phenoxy) is 7. The number of aliphatic hydroxyl groups excluding tert-OH is 1. The Labute approximate surface area is 346 Å². The molecule has 1 spiro atoms. The van der Waals surface area contributed by atoms with Crippen LogP contribution in [-0.2, 0) is 50.5 Å². The summed E-state index contributed by atoms with van der Waals surface area (Å²) in [6, 6.07) is 30.4. The highest BCUT2D eigenvalue weighted by Gasteiger charge is 2.88. The van der Waals surface area contributed by atoms with Crippen LogP contribution in [0.2, 0.25) is 0 Å². The maximum atomic E-state index is 15.5. The Morgan fingerprint density at radius 3 is 2.37 bits per heavy atom. The molecule has 59 heavy (non-hydrogen) atoms. The van der Waals surface area contributed by atoms with Crippen molar-refractivity contribution in [2.75, 3.05) is 13.3 Å². The number of piperidine rings is 2. The molecule has 6 saturated heterocycles. The third kappa shape index (κ3) is 5.06. The molecular weight excluding hydrogens is 747 g/mol. The predicted molar refractivity (Wildman–Crippen MR) is 214 cm³/mol. The summed E-state index contributed by atoms with van der Waals surface area (Å²) in [5.74, 6) is -1.87. The van der Waals surface area contributed by atoms with Gasteiger partial charge >= 0.3 is 5.97 Å². The van der Waals surface area contributed by atoms with E-state index < -0.39 is 40.6 Å². The number of benzene rings is 3. The smallest absolute Gasteiger partial charge is 0.313 e. The zero-order valence-electron chi connectivity index (χ0n) is 34.3. The van der Waals surface area contributed by atoms with Crippen LogP contribution < -0.4 is 0 Å². The molecule has 3 aromatic carbocycles. The molecular formula is C49H57NO9. The van der Waals surface area contributed by atoms with Crippen LogP contribution in [-0.4, -0.2) is 76.5 Å². The fourth-order valence-electron chi connectivity index (χ4n) is 14.9. The van der Waals surface area contributed by atoms with Gasteiger partial charge in [0.15, 0.2) is 6.29 Å².